The summed E-state index contributed by atoms with van der Waals surface area (Å²) in [6.07, 6.45) is 5.01. The van der Waals surface area contributed by atoms with Crippen molar-refractivity contribution < 1.29 is 9.59 Å². The number of ketones is 1. The van der Waals surface area contributed by atoms with Crippen molar-refractivity contribution in [2.45, 2.75) is 38.5 Å². The van der Waals surface area contributed by atoms with Crippen molar-refractivity contribution >= 4 is 11.7 Å². The van der Waals surface area contributed by atoms with Crippen molar-refractivity contribution in [3.63, 3.8) is 0 Å². The van der Waals surface area contributed by atoms with Crippen molar-refractivity contribution in [3.8, 4) is 11.8 Å². The van der Waals surface area contributed by atoms with Crippen molar-refractivity contribution in [2.75, 3.05) is 6.54 Å². The molecular formula is C23H23NO2. The Morgan fingerprint density at radius 2 is 1.69 bits per heavy atom. The normalized spacial score (nSPS) is 12.5. The SMILES string of the molecule is O=C(CCC(=O)c1ccc2c(c1)CCCC2)NCC#Cc1ccccc1. The number of benzene rings is 2. The van der Waals surface area contributed by atoms with Crippen LogP contribution in [-0.4, -0.2) is 18.2 Å². The van der Waals surface area contributed by atoms with Crippen molar-refractivity contribution in [2.24, 2.45) is 0 Å². The van der Waals surface area contributed by atoms with Gasteiger partial charge in [0.2, 0.25) is 5.91 Å². The Balaban J connectivity index is 1.44. The summed E-state index contributed by atoms with van der Waals surface area (Å²) in [6, 6.07) is 15.6. The summed E-state index contributed by atoms with van der Waals surface area (Å²) in [4.78, 5) is 24.2. The van der Waals surface area contributed by atoms with Gasteiger partial charge < -0.3 is 5.32 Å². The van der Waals surface area contributed by atoms with Gasteiger partial charge in [-0.15, -0.1) is 0 Å². The van der Waals surface area contributed by atoms with Crippen LogP contribution in [0.3, 0.4) is 0 Å². The molecule has 0 bridgehead atoms. The average Bonchev–Trinajstić information content (AvgIpc) is 2.70. The number of aryl methyl sites for hydroxylation is 2. The summed E-state index contributed by atoms with van der Waals surface area (Å²) in [7, 11) is 0. The molecule has 132 valence electrons. The Bertz CT molecular complexity index is 844. The Morgan fingerprint density at radius 1 is 0.923 bits per heavy atom. The van der Waals surface area contributed by atoms with Gasteiger partial charge >= 0.3 is 0 Å². The maximum Gasteiger partial charge on any atom is 0.221 e. The predicted octanol–water partition coefficient (Wildman–Crippen LogP) is 3.70. The molecule has 1 N–H and O–H groups in total. The highest BCUT2D eigenvalue weighted by Gasteiger charge is 2.13. The largest absolute Gasteiger partial charge is 0.345 e. The zero-order chi connectivity index (χ0) is 18.2. The number of hydrogen-bond donors (Lipinski definition) is 1. The lowest BCUT2D eigenvalue weighted by Gasteiger charge is -2.16. The van der Waals surface area contributed by atoms with Crippen molar-refractivity contribution in [1.82, 2.24) is 5.32 Å². The first-order chi connectivity index (χ1) is 12.7. The predicted molar refractivity (Wildman–Crippen MR) is 103 cm³/mol. The lowest BCUT2D eigenvalue weighted by molar-refractivity contribution is -0.120. The van der Waals surface area contributed by atoms with E-state index in [0.29, 0.717) is 6.54 Å². The van der Waals surface area contributed by atoms with Crippen LogP contribution in [-0.2, 0) is 17.6 Å². The van der Waals surface area contributed by atoms with Crippen LogP contribution in [0, 0.1) is 11.8 Å². The highest BCUT2D eigenvalue weighted by atomic mass is 16.2. The van der Waals surface area contributed by atoms with Gasteiger partial charge in [-0.2, -0.15) is 0 Å². The zero-order valence-corrected chi connectivity index (χ0v) is 14.9. The molecule has 0 atom stereocenters. The smallest absolute Gasteiger partial charge is 0.221 e. The fourth-order valence-corrected chi connectivity index (χ4v) is 3.18. The van der Waals surface area contributed by atoms with E-state index in [-0.39, 0.29) is 24.5 Å². The van der Waals surface area contributed by atoms with Gasteiger partial charge in [-0.3, -0.25) is 9.59 Å². The minimum absolute atomic E-state index is 0.0314. The number of Topliss-reactive ketones (excluding diaryl/α,β-unsaturated/α-hetero) is 1. The molecule has 1 aliphatic rings. The number of carbonyl (C=O) groups excluding carboxylic acids is 2. The van der Waals surface area contributed by atoms with Gasteiger partial charge in [-0.25, -0.2) is 0 Å². The van der Waals surface area contributed by atoms with E-state index < -0.39 is 0 Å². The molecule has 2 aromatic carbocycles. The second-order valence-corrected chi connectivity index (χ2v) is 6.56. The molecule has 0 fully saturated rings. The van der Waals surface area contributed by atoms with Crippen LogP contribution in [0.1, 0.15) is 52.7 Å². The molecule has 0 radical (unpaired) electrons. The highest BCUT2D eigenvalue weighted by molar-refractivity contribution is 5.98. The van der Waals surface area contributed by atoms with E-state index in [0.717, 1.165) is 24.0 Å². The maximum atomic E-state index is 12.3. The lowest BCUT2D eigenvalue weighted by Crippen LogP contribution is -2.24. The second kappa shape index (κ2) is 9.01. The molecule has 0 saturated heterocycles. The Kier molecular flexibility index (Phi) is 6.22. The lowest BCUT2D eigenvalue weighted by atomic mass is 9.89. The molecule has 0 aromatic heterocycles. The van der Waals surface area contributed by atoms with Crippen LogP contribution in [0.2, 0.25) is 0 Å². The van der Waals surface area contributed by atoms with Crippen molar-refractivity contribution in [3.05, 3.63) is 70.8 Å². The number of amides is 1. The summed E-state index contributed by atoms with van der Waals surface area (Å²) in [5.41, 5.74) is 4.30. The quantitative estimate of drug-likeness (QED) is 0.663. The first kappa shape index (κ1) is 17.9. The molecule has 0 heterocycles. The van der Waals surface area contributed by atoms with Crippen LogP contribution >= 0.6 is 0 Å². The third-order valence-corrected chi connectivity index (χ3v) is 4.63. The van der Waals surface area contributed by atoms with Crippen LogP contribution in [0.4, 0.5) is 0 Å². The molecule has 2 aromatic rings. The minimum atomic E-state index is -0.140. The van der Waals surface area contributed by atoms with E-state index in [4.69, 9.17) is 0 Å². The standard InChI is InChI=1S/C23H23NO2/c25-22(21-13-12-19-10-4-5-11-20(19)17-21)14-15-23(26)24-16-6-9-18-7-2-1-3-8-18/h1-3,7-8,12-13,17H,4-5,10-11,14-16H2,(H,24,26). The molecule has 3 nitrogen and oxygen atoms in total. The monoisotopic (exact) mass is 345 g/mol. The van der Waals surface area contributed by atoms with Crippen LogP contribution in [0.25, 0.3) is 0 Å². The summed E-state index contributed by atoms with van der Waals surface area (Å²) in [6.45, 7) is 0.292. The summed E-state index contributed by atoms with van der Waals surface area (Å²) in [5.74, 6) is 5.80. The molecule has 0 unspecified atom stereocenters. The molecular weight excluding hydrogens is 322 g/mol. The fraction of sp³-hybridized carbons (Fsp3) is 0.304. The summed E-state index contributed by atoms with van der Waals surface area (Å²) < 4.78 is 0. The van der Waals surface area contributed by atoms with Gasteiger partial charge in [-0.1, -0.05) is 42.2 Å². The first-order valence-electron chi connectivity index (χ1n) is 9.18. The van der Waals surface area contributed by atoms with Crippen molar-refractivity contribution in [1.29, 1.82) is 0 Å². The topological polar surface area (TPSA) is 46.2 Å². The zero-order valence-electron chi connectivity index (χ0n) is 14.9. The molecule has 1 aliphatic carbocycles. The van der Waals surface area contributed by atoms with E-state index in [2.05, 4.69) is 23.2 Å². The van der Waals surface area contributed by atoms with Gasteiger partial charge in [0.15, 0.2) is 5.78 Å². The Hall–Kier alpha value is -2.86. The van der Waals surface area contributed by atoms with E-state index in [9.17, 15) is 9.59 Å². The van der Waals surface area contributed by atoms with Crippen LogP contribution in [0.15, 0.2) is 48.5 Å². The first-order valence-corrected chi connectivity index (χ1v) is 9.18. The fourth-order valence-electron chi connectivity index (χ4n) is 3.18. The molecule has 0 spiro atoms. The summed E-state index contributed by atoms with van der Waals surface area (Å²) in [5, 5.41) is 2.74. The second-order valence-electron chi connectivity index (χ2n) is 6.56. The number of hydrogen-bond acceptors (Lipinski definition) is 2. The molecule has 0 saturated carbocycles. The van der Waals surface area contributed by atoms with Gasteiger partial charge in [0, 0.05) is 24.0 Å². The van der Waals surface area contributed by atoms with E-state index in [1.807, 2.05) is 42.5 Å². The van der Waals surface area contributed by atoms with Crippen LogP contribution in [0.5, 0.6) is 0 Å². The third-order valence-electron chi connectivity index (χ3n) is 4.63. The number of fused-ring (bicyclic) bond motifs is 1. The molecule has 0 aliphatic heterocycles. The third kappa shape index (κ3) is 5.07. The van der Waals surface area contributed by atoms with E-state index in [1.54, 1.807) is 0 Å². The minimum Gasteiger partial charge on any atom is -0.345 e. The highest BCUT2D eigenvalue weighted by Crippen LogP contribution is 2.22. The molecule has 1 amide bonds. The average molecular weight is 345 g/mol. The number of rotatable bonds is 5. The Labute approximate surface area is 154 Å². The molecule has 3 heteroatoms. The Morgan fingerprint density at radius 3 is 2.50 bits per heavy atom. The van der Waals surface area contributed by atoms with E-state index in [1.165, 1.54) is 24.0 Å². The van der Waals surface area contributed by atoms with Gasteiger partial charge in [0.05, 0.1) is 6.54 Å². The summed E-state index contributed by atoms with van der Waals surface area (Å²) >= 11 is 0. The van der Waals surface area contributed by atoms with Gasteiger partial charge in [-0.05, 0) is 55.0 Å². The maximum absolute atomic E-state index is 12.3. The molecule has 3 rings (SSSR count). The number of carbonyl (C=O) groups is 2. The number of nitrogens with one attached hydrogen (secondary N) is 1. The molecule has 26 heavy (non-hydrogen) atoms. The van der Waals surface area contributed by atoms with Crippen LogP contribution < -0.4 is 5.32 Å². The van der Waals surface area contributed by atoms with Gasteiger partial charge in [0.25, 0.3) is 0 Å². The van der Waals surface area contributed by atoms with E-state index >= 15 is 0 Å². The van der Waals surface area contributed by atoms with Gasteiger partial charge in [0.1, 0.15) is 0 Å².